The molecule has 0 radical (unpaired) electrons. The van der Waals surface area contributed by atoms with Gasteiger partial charge in [-0.05, 0) is 60.3 Å². The van der Waals surface area contributed by atoms with Crippen LogP contribution in [0.25, 0.3) is 0 Å². The Balaban J connectivity index is 1.25. The summed E-state index contributed by atoms with van der Waals surface area (Å²) in [4.78, 5) is 9.81. The number of imidazole rings is 1. The molecule has 3 heterocycles. The van der Waals surface area contributed by atoms with E-state index in [1.165, 1.54) is 0 Å². The molecule has 222 valence electrons. The third-order valence-electron chi connectivity index (χ3n) is 8.60. The first-order valence-electron chi connectivity index (χ1n) is 15.1. The van der Waals surface area contributed by atoms with Crippen LogP contribution in [-0.2, 0) is 23.1 Å². The lowest BCUT2D eigenvalue weighted by atomic mass is 9.95. The number of aromatic nitrogens is 2. The number of benzene rings is 3. The van der Waals surface area contributed by atoms with E-state index >= 15 is 0 Å². The average molecular weight is 595 g/mol. The van der Waals surface area contributed by atoms with E-state index in [2.05, 4.69) is 38.4 Å². The predicted octanol–water partition coefficient (Wildman–Crippen LogP) is 5.41. The molecule has 0 bridgehead atoms. The van der Waals surface area contributed by atoms with Crippen LogP contribution in [0.15, 0.2) is 90.2 Å². The van der Waals surface area contributed by atoms with Crippen molar-refractivity contribution in [1.29, 1.82) is 5.26 Å². The van der Waals surface area contributed by atoms with Crippen molar-refractivity contribution < 1.29 is 8.42 Å². The summed E-state index contributed by atoms with van der Waals surface area (Å²) in [6.45, 7) is 7.60. The van der Waals surface area contributed by atoms with Gasteiger partial charge in [0.25, 0.3) is 10.0 Å². The molecule has 0 saturated carbocycles. The lowest BCUT2D eigenvalue weighted by Gasteiger charge is -2.32. The highest BCUT2D eigenvalue weighted by molar-refractivity contribution is 7.93. The predicted molar refractivity (Wildman–Crippen MR) is 168 cm³/mol. The van der Waals surface area contributed by atoms with E-state index in [1.807, 2.05) is 73.2 Å². The van der Waals surface area contributed by atoms with Crippen LogP contribution in [0.2, 0.25) is 0 Å². The maximum atomic E-state index is 14.1. The minimum Gasteiger partial charge on any atom is -0.329 e. The zero-order valence-electron chi connectivity index (χ0n) is 24.6. The number of fused-ring (bicyclic) bond motifs is 2. The highest BCUT2D eigenvalue weighted by Crippen LogP contribution is 2.43. The number of nitriles is 1. The lowest BCUT2D eigenvalue weighted by molar-refractivity contribution is 0.218. The quantitative estimate of drug-likeness (QED) is 0.271. The summed E-state index contributed by atoms with van der Waals surface area (Å²) in [5.41, 5.74) is 5.66. The van der Waals surface area contributed by atoms with Crippen LogP contribution in [0.1, 0.15) is 60.2 Å². The summed E-state index contributed by atoms with van der Waals surface area (Å²) < 4.78 is 32.0. The van der Waals surface area contributed by atoms with Gasteiger partial charge in [-0.25, -0.2) is 13.4 Å². The Hall–Kier alpha value is -3.97. The van der Waals surface area contributed by atoms with Gasteiger partial charge in [0.1, 0.15) is 0 Å². The van der Waals surface area contributed by atoms with Gasteiger partial charge in [-0.1, -0.05) is 61.9 Å². The number of rotatable bonds is 8. The van der Waals surface area contributed by atoms with Gasteiger partial charge in [-0.3, -0.25) is 14.1 Å². The smallest absolute Gasteiger partial charge is 0.264 e. The van der Waals surface area contributed by atoms with E-state index in [-0.39, 0.29) is 6.04 Å². The molecule has 1 aromatic heterocycles. The first-order valence-corrected chi connectivity index (χ1v) is 16.6. The molecule has 43 heavy (non-hydrogen) atoms. The fourth-order valence-electron chi connectivity index (χ4n) is 6.38. The Bertz CT molecular complexity index is 1710. The van der Waals surface area contributed by atoms with Crippen molar-refractivity contribution in [3.63, 3.8) is 0 Å². The molecular formula is C34H38N6O2S. The van der Waals surface area contributed by atoms with Gasteiger partial charge in [0.2, 0.25) is 0 Å². The molecule has 1 unspecified atom stereocenters. The summed E-state index contributed by atoms with van der Waals surface area (Å²) in [6.07, 6.45) is 6.53. The van der Waals surface area contributed by atoms with E-state index in [4.69, 9.17) is 5.26 Å². The van der Waals surface area contributed by atoms with Crippen molar-refractivity contribution in [3.8, 4) is 6.07 Å². The van der Waals surface area contributed by atoms with Crippen LogP contribution < -0.4 is 4.31 Å². The summed E-state index contributed by atoms with van der Waals surface area (Å²) in [7, 11) is -3.69. The SMILES string of the molecule is CCCCN1c2ccccc2C(N2CCCN(Cc3cncn3Cc3ccc(C#N)cc3)CC2)c2ccccc2S1(=O)=O. The average Bonchev–Trinajstić information content (AvgIpc) is 3.29. The number of para-hydroxylation sites is 1. The summed E-state index contributed by atoms with van der Waals surface area (Å²) in [5.74, 6) is 0. The van der Waals surface area contributed by atoms with E-state index in [0.29, 0.717) is 23.5 Å². The van der Waals surface area contributed by atoms with E-state index < -0.39 is 10.0 Å². The molecule has 3 aromatic carbocycles. The van der Waals surface area contributed by atoms with Crippen LogP contribution in [-0.4, -0.2) is 60.5 Å². The van der Waals surface area contributed by atoms with Gasteiger partial charge in [0.15, 0.2) is 0 Å². The molecule has 8 nitrogen and oxygen atoms in total. The Kier molecular flexibility index (Phi) is 8.61. The molecule has 4 aromatic rings. The van der Waals surface area contributed by atoms with Gasteiger partial charge in [0, 0.05) is 45.5 Å². The summed E-state index contributed by atoms with van der Waals surface area (Å²) in [6, 6.07) is 25.4. The Labute approximate surface area is 254 Å². The second-order valence-electron chi connectivity index (χ2n) is 11.4. The Morgan fingerprint density at radius 3 is 2.47 bits per heavy atom. The molecular weight excluding hydrogens is 556 g/mol. The number of anilines is 1. The second kappa shape index (κ2) is 12.7. The fraction of sp³-hybridized carbons (Fsp3) is 0.353. The number of hydrogen-bond acceptors (Lipinski definition) is 6. The highest BCUT2D eigenvalue weighted by atomic mass is 32.2. The minimum absolute atomic E-state index is 0.143. The van der Waals surface area contributed by atoms with Gasteiger partial charge in [-0.2, -0.15) is 5.26 Å². The first-order chi connectivity index (χ1) is 21.0. The third kappa shape index (κ3) is 5.96. The molecule has 1 fully saturated rings. The van der Waals surface area contributed by atoms with Gasteiger partial charge < -0.3 is 4.57 Å². The minimum atomic E-state index is -3.69. The molecule has 6 rings (SSSR count). The second-order valence-corrected chi connectivity index (χ2v) is 13.2. The van der Waals surface area contributed by atoms with Crippen LogP contribution in [0, 0.1) is 11.3 Å². The molecule has 2 aliphatic heterocycles. The molecule has 0 amide bonds. The normalized spacial score (nSPS) is 18.7. The van der Waals surface area contributed by atoms with Crippen LogP contribution in [0.3, 0.4) is 0 Å². The molecule has 9 heteroatoms. The van der Waals surface area contributed by atoms with Crippen molar-refractivity contribution in [2.45, 2.75) is 50.2 Å². The van der Waals surface area contributed by atoms with Gasteiger partial charge in [0.05, 0.1) is 40.3 Å². The zero-order valence-corrected chi connectivity index (χ0v) is 25.5. The first kappa shape index (κ1) is 29.1. The van der Waals surface area contributed by atoms with Gasteiger partial charge in [-0.15, -0.1) is 0 Å². The van der Waals surface area contributed by atoms with Crippen molar-refractivity contribution in [1.82, 2.24) is 19.4 Å². The highest BCUT2D eigenvalue weighted by Gasteiger charge is 2.38. The lowest BCUT2D eigenvalue weighted by Crippen LogP contribution is -2.34. The van der Waals surface area contributed by atoms with Crippen LogP contribution in [0.4, 0.5) is 5.69 Å². The Morgan fingerprint density at radius 1 is 0.907 bits per heavy atom. The van der Waals surface area contributed by atoms with E-state index in [1.54, 1.807) is 10.4 Å². The van der Waals surface area contributed by atoms with Crippen molar-refractivity contribution in [2.75, 3.05) is 37.0 Å². The third-order valence-corrected chi connectivity index (χ3v) is 10.5. The molecule has 1 atom stereocenters. The van der Waals surface area contributed by atoms with Crippen molar-refractivity contribution in [3.05, 3.63) is 113 Å². The largest absolute Gasteiger partial charge is 0.329 e. The van der Waals surface area contributed by atoms with E-state index in [9.17, 15) is 8.42 Å². The summed E-state index contributed by atoms with van der Waals surface area (Å²) in [5, 5.41) is 9.11. The topological polar surface area (TPSA) is 85.5 Å². The molecule has 0 spiro atoms. The Morgan fingerprint density at radius 2 is 1.67 bits per heavy atom. The molecule has 0 N–H and O–H groups in total. The van der Waals surface area contributed by atoms with Crippen LogP contribution in [0.5, 0.6) is 0 Å². The van der Waals surface area contributed by atoms with E-state index in [0.717, 1.165) is 80.1 Å². The number of nitrogens with zero attached hydrogens (tertiary/aromatic N) is 6. The maximum Gasteiger partial charge on any atom is 0.264 e. The maximum absolute atomic E-state index is 14.1. The van der Waals surface area contributed by atoms with Crippen molar-refractivity contribution >= 4 is 15.7 Å². The number of unbranched alkanes of at least 4 members (excludes halogenated alkanes) is 1. The molecule has 1 saturated heterocycles. The fourth-order valence-corrected chi connectivity index (χ4v) is 8.14. The van der Waals surface area contributed by atoms with Crippen molar-refractivity contribution in [2.24, 2.45) is 0 Å². The van der Waals surface area contributed by atoms with Crippen LogP contribution >= 0.6 is 0 Å². The zero-order chi connectivity index (χ0) is 29.8. The number of sulfonamides is 1. The molecule has 2 aliphatic rings. The monoisotopic (exact) mass is 594 g/mol. The van der Waals surface area contributed by atoms with Gasteiger partial charge >= 0.3 is 0 Å². The molecule has 0 aliphatic carbocycles. The summed E-state index contributed by atoms with van der Waals surface area (Å²) >= 11 is 0. The number of hydrogen-bond donors (Lipinski definition) is 0. The standard InChI is InChI=1S/C34H38N6O2S/c1-2-3-19-40-32-11-6-4-9-30(32)34(31-10-5-7-12-33(31)43(40,41)42)38-18-8-17-37(20-21-38)25-29-23-36-26-39(29)24-28-15-13-27(22-35)14-16-28/h4-7,9-16,23,26,34H,2-3,8,17-21,24-25H2,1H3.